The van der Waals surface area contributed by atoms with Crippen molar-refractivity contribution in [1.82, 2.24) is 18.5 Å². The number of hydrogen-bond donors (Lipinski definition) is 1. The summed E-state index contributed by atoms with van der Waals surface area (Å²) in [4.78, 5) is 10.0. The minimum absolute atomic E-state index is 0.0643. The number of fused-ring (bicyclic) bond motifs is 16. The lowest BCUT2D eigenvalue weighted by molar-refractivity contribution is 0.669. The molecule has 0 amide bonds. The molecule has 60 heavy (non-hydrogen) atoms. The second-order valence-corrected chi connectivity index (χ2v) is 15.3. The zero-order valence-electron chi connectivity index (χ0n) is 32.9. The fourth-order valence-corrected chi connectivity index (χ4v) is 9.97. The summed E-state index contributed by atoms with van der Waals surface area (Å²) in [5.41, 5.74) is 16.2. The van der Waals surface area contributed by atoms with Crippen LogP contribution in [0.1, 0.15) is 13.8 Å². The second-order valence-electron chi connectivity index (χ2n) is 15.3. The number of furan rings is 1. The zero-order valence-corrected chi connectivity index (χ0v) is 32.9. The van der Waals surface area contributed by atoms with Gasteiger partial charge >= 0.3 is 0 Å². The number of hydrogen-bond acceptors (Lipinski definition) is 5. The number of nitrogens with zero attached hydrogens (tertiary/aromatic N) is 6. The van der Waals surface area contributed by atoms with E-state index in [9.17, 15) is 0 Å². The van der Waals surface area contributed by atoms with E-state index in [1.54, 1.807) is 0 Å². The SMILES string of the molecule is CC.c1ccc2c(c1)NC1N(c3ccc4c(c3)c3ccccc3n4-c3ccc4oc5cccc(-n6c7ccccc7n7c8ccccc8nc67)c5c4c3)c3ccccc3N21. The van der Waals surface area contributed by atoms with Crippen LogP contribution in [-0.2, 0) is 0 Å². The van der Waals surface area contributed by atoms with Gasteiger partial charge in [-0.3, -0.25) is 13.9 Å². The topological polar surface area (TPSA) is 58.8 Å². The summed E-state index contributed by atoms with van der Waals surface area (Å²) in [6.07, 6.45) is -0.0643. The fraction of sp³-hybridized carbons (Fsp3) is 0.0577. The predicted molar refractivity (Wildman–Crippen MR) is 247 cm³/mol. The Morgan fingerprint density at radius 1 is 0.467 bits per heavy atom. The summed E-state index contributed by atoms with van der Waals surface area (Å²) in [7, 11) is 0. The molecular weight excluding hydrogens is 739 g/mol. The van der Waals surface area contributed by atoms with Crippen LogP contribution in [-0.4, -0.2) is 24.8 Å². The average molecular weight is 776 g/mol. The third kappa shape index (κ3) is 4.31. The lowest BCUT2D eigenvalue weighted by atomic mass is 10.1. The Morgan fingerprint density at radius 3 is 1.98 bits per heavy atom. The van der Waals surface area contributed by atoms with Gasteiger partial charge in [-0.1, -0.05) is 86.6 Å². The molecule has 0 fully saturated rings. The average Bonchev–Trinajstić information content (AvgIpc) is 4.14. The van der Waals surface area contributed by atoms with Crippen LogP contribution in [0, 0.1) is 0 Å². The highest BCUT2D eigenvalue weighted by Crippen LogP contribution is 2.53. The van der Waals surface area contributed by atoms with Crippen molar-refractivity contribution in [3.63, 3.8) is 0 Å². The molecule has 2 aliphatic rings. The minimum Gasteiger partial charge on any atom is -0.456 e. The number of rotatable bonds is 3. The summed E-state index contributed by atoms with van der Waals surface area (Å²) in [6, 6.07) is 62.8. The van der Waals surface area contributed by atoms with Crippen molar-refractivity contribution in [2.45, 2.75) is 20.1 Å². The van der Waals surface area contributed by atoms with Gasteiger partial charge in [-0.05, 0) is 103 Å². The fourth-order valence-electron chi connectivity index (χ4n) is 9.97. The van der Waals surface area contributed by atoms with Crippen molar-refractivity contribution >= 4 is 100 Å². The van der Waals surface area contributed by atoms with Gasteiger partial charge in [-0.2, -0.15) is 0 Å². The molecule has 1 atom stereocenters. The van der Waals surface area contributed by atoms with E-state index in [1.807, 2.05) is 19.9 Å². The van der Waals surface area contributed by atoms with Gasteiger partial charge in [-0.15, -0.1) is 0 Å². The number of imidazole rings is 2. The molecular formula is C52H37N7O. The largest absolute Gasteiger partial charge is 0.456 e. The summed E-state index contributed by atoms with van der Waals surface area (Å²) in [6.45, 7) is 4.00. The first-order chi connectivity index (χ1) is 29.8. The molecule has 1 unspecified atom stereocenters. The lowest BCUT2D eigenvalue weighted by Gasteiger charge is -2.28. The predicted octanol–water partition coefficient (Wildman–Crippen LogP) is 13.5. The van der Waals surface area contributed by atoms with Crippen LogP contribution in [0.2, 0.25) is 0 Å². The Morgan fingerprint density at radius 2 is 1.12 bits per heavy atom. The van der Waals surface area contributed by atoms with E-state index in [2.05, 4.69) is 199 Å². The third-order valence-electron chi connectivity index (χ3n) is 12.3. The quantitative estimate of drug-likeness (QED) is 0.194. The van der Waals surface area contributed by atoms with E-state index in [0.717, 1.165) is 83.6 Å². The van der Waals surface area contributed by atoms with Gasteiger partial charge in [0.15, 0.2) is 6.29 Å². The third-order valence-corrected chi connectivity index (χ3v) is 12.3. The van der Waals surface area contributed by atoms with Gasteiger partial charge in [0.1, 0.15) is 11.2 Å². The Labute approximate surface area is 344 Å². The standard InChI is InChI=1S/C50H31N7O.C2H6/c1-4-15-37-32(12-1)33-28-31(54-41-18-7-8-19-42(41)55-39-16-5-2-13-35(39)51-49(54)55)24-26-38(33)53(37)30-25-27-46-34(29-30)48-45(22-11-23-47(48)58-46)57-44-21-10-9-20-43(44)56-40-17-6-3-14-36(40)52-50(56)57;1-2/h1-29,49,51H;1-2H3. The van der Waals surface area contributed by atoms with Crippen LogP contribution >= 0.6 is 0 Å². The van der Waals surface area contributed by atoms with Gasteiger partial charge in [0.25, 0.3) is 0 Å². The second kappa shape index (κ2) is 12.3. The first-order valence-electron chi connectivity index (χ1n) is 20.7. The van der Waals surface area contributed by atoms with Gasteiger partial charge in [-0.25, -0.2) is 4.98 Å². The maximum Gasteiger partial charge on any atom is 0.220 e. The van der Waals surface area contributed by atoms with Crippen molar-refractivity contribution in [3.05, 3.63) is 176 Å². The van der Waals surface area contributed by atoms with Crippen LogP contribution in [0.15, 0.2) is 180 Å². The summed E-state index contributed by atoms with van der Waals surface area (Å²) < 4.78 is 13.6. The molecule has 0 aliphatic carbocycles. The molecule has 12 aromatic rings. The molecule has 4 aromatic heterocycles. The Kier molecular flexibility index (Phi) is 6.76. The normalized spacial score (nSPS) is 14.4. The Bertz CT molecular complexity index is 3720. The van der Waals surface area contributed by atoms with Crippen molar-refractivity contribution in [2.75, 3.05) is 15.1 Å². The van der Waals surface area contributed by atoms with Crippen LogP contribution in [0.25, 0.3) is 83.0 Å². The summed E-state index contributed by atoms with van der Waals surface area (Å²) >= 11 is 0. The maximum atomic E-state index is 6.62. The molecule has 0 saturated heterocycles. The van der Waals surface area contributed by atoms with Crippen molar-refractivity contribution in [1.29, 1.82) is 0 Å². The smallest absolute Gasteiger partial charge is 0.220 e. The highest BCUT2D eigenvalue weighted by molar-refractivity contribution is 6.14. The number of nitrogens with one attached hydrogen (secondary N) is 1. The first kappa shape index (κ1) is 33.0. The molecule has 0 spiro atoms. The van der Waals surface area contributed by atoms with Gasteiger partial charge < -0.3 is 19.2 Å². The number of para-hydroxylation sites is 9. The first-order valence-corrected chi connectivity index (χ1v) is 20.7. The van der Waals surface area contributed by atoms with Crippen LogP contribution < -0.4 is 15.1 Å². The molecule has 14 rings (SSSR count). The highest BCUT2D eigenvalue weighted by atomic mass is 16.3. The van der Waals surface area contributed by atoms with E-state index in [0.29, 0.717) is 0 Å². The Hall–Kier alpha value is -7.97. The molecule has 0 bridgehead atoms. The number of anilines is 5. The number of benzene rings is 8. The summed E-state index contributed by atoms with van der Waals surface area (Å²) in [5.74, 6) is 0.874. The molecule has 8 aromatic carbocycles. The van der Waals surface area contributed by atoms with Gasteiger partial charge in [0.05, 0.1) is 66.9 Å². The molecule has 8 heteroatoms. The summed E-state index contributed by atoms with van der Waals surface area (Å²) in [5, 5.41) is 8.32. The van der Waals surface area contributed by atoms with E-state index in [4.69, 9.17) is 9.40 Å². The molecule has 286 valence electrons. The minimum atomic E-state index is -0.0643. The molecule has 2 aliphatic heterocycles. The van der Waals surface area contributed by atoms with Crippen LogP contribution in [0.5, 0.6) is 0 Å². The molecule has 1 N–H and O–H groups in total. The van der Waals surface area contributed by atoms with Crippen LogP contribution in [0.3, 0.4) is 0 Å². The molecule has 8 nitrogen and oxygen atoms in total. The monoisotopic (exact) mass is 775 g/mol. The van der Waals surface area contributed by atoms with E-state index in [-0.39, 0.29) is 6.29 Å². The van der Waals surface area contributed by atoms with E-state index >= 15 is 0 Å². The van der Waals surface area contributed by atoms with Gasteiger partial charge in [0, 0.05) is 27.5 Å². The molecule has 0 radical (unpaired) electrons. The Balaban J connectivity index is 0.00000183. The number of aromatic nitrogens is 4. The van der Waals surface area contributed by atoms with Crippen molar-refractivity contribution < 1.29 is 4.42 Å². The van der Waals surface area contributed by atoms with Crippen molar-refractivity contribution in [2.24, 2.45) is 0 Å². The molecule has 6 heterocycles. The van der Waals surface area contributed by atoms with Crippen LogP contribution in [0.4, 0.5) is 28.4 Å². The van der Waals surface area contributed by atoms with E-state index in [1.165, 1.54) is 27.8 Å². The zero-order chi connectivity index (χ0) is 39.6. The van der Waals surface area contributed by atoms with Crippen molar-refractivity contribution in [3.8, 4) is 11.4 Å². The lowest BCUT2D eigenvalue weighted by Crippen LogP contribution is -2.40. The maximum absolute atomic E-state index is 6.62. The van der Waals surface area contributed by atoms with E-state index < -0.39 is 0 Å². The highest BCUT2D eigenvalue weighted by Gasteiger charge is 2.42. The molecule has 0 saturated carbocycles. The van der Waals surface area contributed by atoms with Gasteiger partial charge in [0.2, 0.25) is 5.78 Å².